The number of fused-ring (bicyclic) bond motifs is 2. The second kappa shape index (κ2) is 23.0. The van der Waals surface area contributed by atoms with Crippen LogP contribution in [-0.2, 0) is 36.9 Å². The number of anilines is 3. The molecule has 1 saturated heterocycles. The molecule has 2 fully saturated rings. The Hall–Kier alpha value is -5.65. The van der Waals surface area contributed by atoms with E-state index < -0.39 is 11.9 Å². The van der Waals surface area contributed by atoms with E-state index in [0.717, 1.165) is 75.0 Å². The normalized spacial score (nSPS) is 18.3. The number of amides is 6. The van der Waals surface area contributed by atoms with Crippen molar-refractivity contribution in [2.75, 3.05) is 62.1 Å². The molecular formula is C47H62ClN9O8. The molecule has 1 unspecified atom stereocenters. The summed E-state index contributed by atoms with van der Waals surface area (Å²) in [6.07, 6.45) is 11.7. The standard InChI is InChI=1S/C47H61N9O8.ClH/c1-4-36-47(62)54(2)38-28-50-40(52-43(38)56(36)32-12-8-9-13-32)27-30-17-18-31(26-39(30)63-3)44(59)49-23-25-64-24-22-48-21-10-6-5-7-16-41(57)51-35-15-11-14-33-34(35)29-55(46(33)61)37-19-20-42(58)53-45(37)60;/h11,14-15,17-18,26,28,32,36-37,48H,4-10,12-13,16,19-25,27,29H2,1-3H3,(H,49,59)(H,51,57)(H,53,58,60);1H/t36-,37?;/m1./s1. The molecule has 1 saturated carbocycles. The topological polar surface area (TPSA) is 204 Å². The third-order valence-corrected chi connectivity index (χ3v) is 12.7. The summed E-state index contributed by atoms with van der Waals surface area (Å²) in [5, 5.41) is 11.5. The molecule has 3 aromatic rings. The fourth-order valence-corrected chi connectivity index (χ4v) is 9.22. The van der Waals surface area contributed by atoms with Crippen molar-refractivity contribution in [1.82, 2.24) is 30.8 Å². The highest BCUT2D eigenvalue weighted by Crippen LogP contribution is 2.40. The molecule has 350 valence electrons. The van der Waals surface area contributed by atoms with Gasteiger partial charge in [-0.05, 0) is 69.3 Å². The maximum atomic E-state index is 13.3. The van der Waals surface area contributed by atoms with Gasteiger partial charge in [-0.1, -0.05) is 44.7 Å². The molecule has 4 aliphatic rings. The van der Waals surface area contributed by atoms with E-state index in [9.17, 15) is 28.8 Å². The largest absolute Gasteiger partial charge is 0.496 e. The van der Waals surface area contributed by atoms with Gasteiger partial charge in [0.15, 0.2) is 5.82 Å². The summed E-state index contributed by atoms with van der Waals surface area (Å²) >= 11 is 0. The molecule has 4 N–H and O–H groups in total. The molecule has 2 atom stereocenters. The van der Waals surface area contributed by atoms with E-state index >= 15 is 0 Å². The summed E-state index contributed by atoms with van der Waals surface area (Å²) in [6, 6.07) is 9.90. The summed E-state index contributed by atoms with van der Waals surface area (Å²) in [5.74, 6) is 0.665. The Kier molecular flexibility index (Phi) is 17.3. The number of unbranched alkanes of at least 4 members (excludes halogenated alkanes) is 3. The highest BCUT2D eigenvalue weighted by atomic mass is 35.5. The number of rotatable bonds is 21. The molecule has 0 bridgehead atoms. The number of imide groups is 1. The highest BCUT2D eigenvalue weighted by Gasteiger charge is 2.42. The van der Waals surface area contributed by atoms with Gasteiger partial charge < -0.3 is 40.1 Å². The predicted molar refractivity (Wildman–Crippen MR) is 248 cm³/mol. The fraction of sp³-hybridized carbons (Fsp3) is 0.532. The molecule has 17 nitrogen and oxygen atoms in total. The lowest BCUT2D eigenvalue weighted by Gasteiger charge is -2.43. The van der Waals surface area contributed by atoms with Crippen LogP contribution in [0.25, 0.3) is 0 Å². The number of nitrogens with one attached hydrogen (secondary N) is 4. The number of benzene rings is 2. The first kappa shape index (κ1) is 48.8. The van der Waals surface area contributed by atoms with Crippen molar-refractivity contribution in [3.8, 4) is 5.75 Å². The minimum Gasteiger partial charge on any atom is -0.496 e. The first-order valence-corrected chi connectivity index (χ1v) is 22.8. The van der Waals surface area contributed by atoms with Gasteiger partial charge >= 0.3 is 0 Å². The number of likely N-dealkylation sites (N-methyl/N-ethyl adjacent to an activating group) is 1. The quantitative estimate of drug-likeness (QED) is 0.0850. The van der Waals surface area contributed by atoms with Crippen molar-refractivity contribution >= 4 is 65.0 Å². The number of carbonyl (C=O) groups is 6. The summed E-state index contributed by atoms with van der Waals surface area (Å²) in [4.78, 5) is 91.1. The average molecular weight is 917 g/mol. The van der Waals surface area contributed by atoms with Gasteiger partial charge in [0.25, 0.3) is 11.8 Å². The van der Waals surface area contributed by atoms with Crippen LogP contribution in [-0.4, -0.2) is 115 Å². The van der Waals surface area contributed by atoms with Crippen molar-refractivity contribution in [1.29, 1.82) is 0 Å². The summed E-state index contributed by atoms with van der Waals surface area (Å²) in [7, 11) is 3.38. The molecule has 0 spiro atoms. The number of nitrogens with zero attached hydrogens (tertiary/aromatic N) is 5. The van der Waals surface area contributed by atoms with Crippen LogP contribution in [0.4, 0.5) is 17.2 Å². The molecule has 1 aliphatic carbocycles. The number of carbonyl (C=O) groups excluding carboxylic acids is 6. The number of methoxy groups -OCH3 is 1. The predicted octanol–water partition coefficient (Wildman–Crippen LogP) is 4.69. The summed E-state index contributed by atoms with van der Waals surface area (Å²) in [5.41, 5.74) is 3.79. The molecule has 65 heavy (non-hydrogen) atoms. The molecular weight excluding hydrogens is 854 g/mol. The minimum atomic E-state index is -0.706. The SMILES string of the molecule is CC[C@@H]1C(=O)N(C)c2cnc(Cc3ccc(C(=O)NCCOCCNCCCCCCC(=O)Nc4cccc5c4CN(C4CCC(=O)NC4=O)C5=O)cc3OC)nc2N1C1CCCC1.Cl. The molecule has 6 amide bonds. The molecule has 3 aliphatic heterocycles. The van der Waals surface area contributed by atoms with Gasteiger partial charge in [-0.15, -0.1) is 12.4 Å². The highest BCUT2D eigenvalue weighted by molar-refractivity contribution is 6.07. The molecule has 0 radical (unpaired) electrons. The van der Waals surface area contributed by atoms with E-state index in [0.29, 0.717) is 79.5 Å². The van der Waals surface area contributed by atoms with Gasteiger partial charge in [0, 0.05) is 79.9 Å². The smallest absolute Gasteiger partial charge is 0.255 e. The van der Waals surface area contributed by atoms with Crippen LogP contribution in [0.5, 0.6) is 5.75 Å². The molecule has 1 aromatic heterocycles. The van der Waals surface area contributed by atoms with Crippen LogP contribution in [0.1, 0.15) is 122 Å². The Bertz CT molecular complexity index is 2220. The first-order valence-electron chi connectivity index (χ1n) is 22.8. The van der Waals surface area contributed by atoms with Gasteiger partial charge in [0.2, 0.25) is 23.6 Å². The van der Waals surface area contributed by atoms with Crippen LogP contribution in [0, 0.1) is 0 Å². The maximum Gasteiger partial charge on any atom is 0.255 e. The zero-order valence-electron chi connectivity index (χ0n) is 37.6. The Morgan fingerprint density at radius 2 is 1.74 bits per heavy atom. The van der Waals surface area contributed by atoms with Gasteiger partial charge in [0.1, 0.15) is 29.3 Å². The van der Waals surface area contributed by atoms with E-state index in [4.69, 9.17) is 14.5 Å². The third-order valence-electron chi connectivity index (χ3n) is 12.7. The fourth-order valence-electron chi connectivity index (χ4n) is 9.22. The van der Waals surface area contributed by atoms with Crippen molar-refractivity contribution in [2.45, 2.75) is 115 Å². The number of hydrogen-bond acceptors (Lipinski definition) is 12. The van der Waals surface area contributed by atoms with Crippen molar-refractivity contribution in [2.24, 2.45) is 0 Å². The number of ether oxygens (including phenoxy) is 2. The monoisotopic (exact) mass is 915 g/mol. The maximum absolute atomic E-state index is 13.3. The van der Waals surface area contributed by atoms with E-state index in [1.807, 2.05) is 6.07 Å². The lowest BCUT2D eigenvalue weighted by Crippen LogP contribution is -2.55. The van der Waals surface area contributed by atoms with E-state index in [1.165, 1.54) is 4.90 Å². The number of hydrogen-bond donors (Lipinski definition) is 4. The second-order valence-electron chi connectivity index (χ2n) is 16.9. The average Bonchev–Trinajstić information content (AvgIpc) is 3.95. The van der Waals surface area contributed by atoms with Crippen LogP contribution < -0.4 is 35.8 Å². The van der Waals surface area contributed by atoms with E-state index in [-0.39, 0.29) is 73.4 Å². The number of halogens is 1. The Labute approximate surface area is 386 Å². The van der Waals surface area contributed by atoms with E-state index in [2.05, 4.69) is 38.1 Å². The lowest BCUT2D eigenvalue weighted by atomic mass is 10.0. The Morgan fingerprint density at radius 1 is 0.954 bits per heavy atom. The molecule has 18 heteroatoms. The molecule has 4 heterocycles. The van der Waals surface area contributed by atoms with Gasteiger partial charge in [-0.2, -0.15) is 0 Å². The van der Waals surface area contributed by atoms with Crippen LogP contribution in [0.3, 0.4) is 0 Å². The van der Waals surface area contributed by atoms with Crippen molar-refractivity contribution in [3.63, 3.8) is 0 Å². The third kappa shape index (κ3) is 11.6. The van der Waals surface area contributed by atoms with Gasteiger partial charge in [-0.25, -0.2) is 9.97 Å². The number of piperidine rings is 1. The molecule has 2 aromatic carbocycles. The Balaban J connectivity index is 0.00000700. The second-order valence-corrected chi connectivity index (χ2v) is 16.9. The minimum absolute atomic E-state index is 0. The van der Waals surface area contributed by atoms with E-state index in [1.54, 1.807) is 55.6 Å². The zero-order chi connectivity index (χ0) is 45.2. The first-order chi connectivity index (χ1) is 31.1. The Morgan fingerprint density at radius 3 is 2.51 bits per heavy atom. The lowest BCUT2D eigenvalue weighted by molar-refractivity contribution is -0.137. The van der Waals surface area contributed by atoms with Crippen molar-refractivity contribution in [3.05, 3.63) is 70.7 Å². The van der Waals surface area contributed by atoms with Crippen LogP contribution >= 0.6 is 12.4 Å². The summed E-state index contributed by atoms with van der Waals surface area (Å²) in [6.45, 7) is 5.00. The zero-order valence-corrected chi connectivity index (χ0v) is 38.4. The summed E-state index contributed by atoms with van der Waals surface area (Å²) < 4.78 is 11.4. The number of aromatic nitrogens is 2. The van der Waals surface area contributed by atoms with Crippen molar-refractivity contribution < 1.29 is 38.2 Å². The van der Waals surface area contributed by atoms with Gasteiger partial charge in [-0.3, -0.25) is 34.1 Å². The van der Waals surface area contributed by atoms with Gasteiger partial charge in [0.05, 0.1) is 26.5 Å². The molecule has 7 rings (SSSR count). The van der Waals surface area contributed by atoms with Crippen LogP contribution in [0.15, 0.2) is 42.6 Å². The van der Waals surface area contributed by atoms with Crippen LogP contribution in [0.2, 0.25) is 0 Å².